The molecule has 4 aromatic carbocycles. The molecule has 6 nitrogen and oxygen atoms in total. The molecular weight excluding hydrogens is 494 g/mol. The molecule has 2 amide bonds. The van der Waals surface area contributed by atoms with Crippen LogP contribution >= 0.6 is 0 Å². The smallest absolute Gasteiger partial charge is 0.318 e. The van der Waals surface area contributed by atoms with E-state index in [1.165, 1.54) is 21.9 Å². The summed E-state index contributed by atoms with van der Waals surface area (Å²) in [6.45, 7) is 5.70. The summed E-state index contributed by atoms with van der Waals surface area (Å²) in [7, 11) is 0. The maximum absolute atomic E-state index is 13.6. The largest absolute Gasteiger partial charge is 0.337 e. The summed E-state index contributed by atoms with van der Waals surface area (Å²) in [4.78, 5) is 19.6. The van der Waals surface area contributed by atoms with Crippen molar-refractivity contribution in [3.8, 4) is 0 Å². The number of amides is 2. The predicted octanol–water partition coefficient (Wildman–Crippen LogP) is 6.69. The summed E-state index contributed by atoms with van der Waals surface area (Å²) >= 11 is 0. The fourth-order valence-corrected chi connectivity index (χ4v) is 5.03. The Labute approximate surface area is 236 Å². The van der Waals surface area contributed by atoms with Crippen molar-refractivity contribution < 1.29 is 4.79 Å². The van der Waals surface area contributed by atoms with Gasteiger partial charge in [0.15, 0.2) is 0 Å². The summed E-state index contributed by atoms with van der Waals surface area (Å²) in [5.74, 6) is 0. The molecular formula is C34H37N5O. The maximum atomic E-state index is 13.6. The molecule has 1 aromatic heterocycles. The lowest BCUT2D eigenvalue weighted by atomic mass is 10.00. The van der Waals surface area contributed by atoms with E-state index in [1.54, 1.807) is 6.20 Å². The van der Waals surface area contributed by atoms with Gasteiger partial charge in [0.2, 0.25) is 0 Å². The Kier molecular flexibility index (Phi) is 9.22. The highest BCUT2D eigenvalue weighted by Crippen LogP contribution is 2.24. The van der Waals surface area contributed by atoms with Gasteiger partial charge in [-0.15, -0.1) is 0 Å². The van der Waals surface area contributed by atoms with E-state index >= 15 is 0 Å². The van der Waals surface area contributed by atoms with Crippen LogP contribution in [0.5, 0.6) is 0 Å². The quantitative estimate of drug-likeness (QED) is 0.189. The summed E-state index contributed by atoms with van der Waals surface area (Å²) in [5, 5.41) is 9.12. The molecule has 5 aromatic rings. The molecule has 1 atom stereocenters. The van der Waals surface area contributed by atoms with Gasteiger partial charge in [-0.2, -0.15) is 0 Å². The number of nitrogens with zero attached hydrogens (tertiary/aromatic N) is 3. The van der Waals surface area contributed by atoms with Gasteiger partial charge in [-0.1, -0.05) is 97.1 Å². The van der Waals surface area contributed by atoms with Gasteiger partial charge in [0.05, 0.1) is 12.4 Å². The zero-order valence-electron chi connectivity index (χ0n) is 23.0. The molecule has 0 aliphatic carbocycles. The molecule has 0 saturated heterocycles. The number of imidazole rings is 1. The van der Waals surface area contributed by atoms with Gasteiger partial charge >= 0.3 is 6.03 Å². The van der Waals surface area contributed by atoms with Crippen LogP contribution in [0.25, 0.3) is 10.8 Å². The second kappa shape index (κ2) is 13.6. The molecule has 0 spiro atoms. The molecule has 2 N–H and O–H groups in total. The number of hydrogen-bond acceptors (Lipinski definition) is 3. The number of carbonyl (C=O) groups excluding carboxylic acids is 1. The second-order valence-corrected chi connectivity index (χ2v) is 10.2. The molecule has 0 bridgehead atoms. The van der Waals surface area contributed by atoms with Crippen LogP contribution in [-0.2, 0) is 26.2 Å². The number of benzene rings is 4. The number of fused-ring (bicyclic) bond motifs is 1. The molecule has 0 aliphatic rings. The molecule has 1 heterocycles. The van der Waals surface area contributed by atoms with Crippen LogP contribution in [0.3, 0.4) is 0 Å². The minimum atomic E-state index is -0.118. The number of aryl methyl sites for hydroxylation is 1. The third kappa shape index (κ3) is 7.36. The van der Waals surface area contributed by atoms with Crippen molar-refractivity contribution in [3.05, 3.63) is 138 Å². The number of hydrogen-bond donors (Lipinski definition) is 2. The van der Waals surface area contributed by atoms with E-state index in [1.807, 2.05) is 40.2 Å². The van der Waals surface area contributed by atoms with Gasteiger partial charge in [0.25, 0.3) is 0 Å². The van der Waals surface area contributed by atoms with Crippen LogP contribution < -0.4 is 10.6 Å². The minimum absolute atomic E-state index is 0.0559. The average molecular weight is 532 g/mol. The highest BCUT2D eigenvalue weighted by Gasteiger charge is 2.18. The van der Waals surface area contributed by atoms with E-state index < -0.39 is 0 Å². The highest BCUT2D eigenvalue weighted by atomic mass is 16.2. The van der Waals surface area contributed by atoms with Crippen LogP contribution in [0.2, 0.25) is 0 Å². The van der Waals surface area contributed by atoms with E-state index in [2.05, 4.69) is 101 Å². The van der Waals surface area contributed by atoms with Crippen molar-refractivity contribution in [1.82, 2.24) is 25.1 Å². The van der Waals surface area contributed by atoms with E-state index in [0.717, 1.165) is 37.2 Å². The first-order valence-electron chi connectivity index (χ1n) is 14.0. The van der Waals surface area contributed by atoms with E-state index in [-0.39, 0.29) is 12.1 Å². The molecule has 204 valence electrons. The van der Waals surface area contributed by atoms with Crippen molar-refractivity contribution in [2.75, 3.05) is 6.54 Å². The summed E-state index contributed by atoms with van der Waals surface area (Å²) in [5.41, 5.74) is 4.73. The van der Waals surface area contributed by atoms with E-state index in [0.29, 0.717) is 13.1 Å². The second-order valence-electron chi connectivity index (χ2n) is 10.2. The number of rotatable bonds is 12. The number of urea groups is 1. The van der Waals surface area contributed by atoms with Crippen LogP contribution in [-0.4, -0.2) is 27.0 Å². The van der Waals surface area contributed by atoms with Crippen LogP contribution in [0.15, 0.2) is 116 Å². The predicted molar refractivity (Wildman–Crippen MR) is 162 cm³/mol. The van der Waals surface area contributed by atoms with Crippen LogP contribution in [0, 0.1) is 0 Å². The Morgan fingerprint density at radius 2 is 1.55 bits per heavy atom. The Morgan fingerprint density at radius 1 is 0.850 bits per heavy atom. The lowest BCUT2D eigenvalue weighted by molar-refractivity contribution is 0.190. The van der Waals surface area contributed by atoms with E-state index in [9.17, 15) is 4.79 Å². The molecule has 0 radical (unpaired) electrons. The third-order valence-corrected chi connectivity index (χ3v) is 7.22. The Hall–Kier alpha value is -4.42. The van der Waals surface area contributed by atoms with E-state index in [4.69, 9.17) is 0 Å². The monoisotopic (exact) mass is 531 g/mol. The summed E-state index contributed by atoms with van der Waals surface area (Å²) in [6, 6.07) is 33.4. The SMILES string of the molecule is C[C@H](NC(=O)N(CCCn1ccnc1)Cc1ccc(CNCc2ccccc2)cc1)c1cccc2ccccc12. The van der Waals surface area contributed by atoms with Crippen LogP contribution in [0.1, 0.15) is 41.6 Å². The fraction of sp³-hybridized carbons (Fsp3) is 0.235. The van der Waals surface area contributed by atoms with Crippen molar-refractivity contribution >= 4 is 16.8 Å². The van der Waals surface area contributed by atoms with Crippen LogP contribution in [0.4, 0.5) is 4.79 Å². The molecule has 0 fully saturated rings. The molecule has 5 rings (SSSR count). The van der Waals surface area contributed by atoms with Crippen molar-refractivity contribution in [1.29, 1.82) is 0 Å². The zero-order valence-corrected chi connectivity index (χ0v) is 23.0. The average Bonchev–Trinajstić information content (AvgIpc) is 3.51. The first-order chi connectivity index (χ1) is 19.7. The maximum Gasteiger partial charge on any atom is 0.318 e. The van der Waals surface area contributed by atoms with Gasteiger partial charge in [-0.05, 0) is 46.4 Å². The van der Waals surface area contributed by atoms with Crippen molar-refractivity contribution in [2.24, 2.45) is 0 Å². The molecule has 0 unspecified atom stereocenters. The highest BCUT2D eigenvalue weighted by molar-refractivity contribution is 5.86. The normalized spacial score (nSPS) is 11.8. The van der Waals surface area contributed by atoms with Crippen molar-refractivity contribution in [3.63, 3.8) is 0 Å². The van der Waals surface area contributed by atoms with Gasteiger partial charge < -0.3 is 20.1 Å². The Bertz CT molecular complexity index is 1480. The van der Waals surface area contributed by atoms with Crippen molar-refractivity contribution in [2.45, 2.75) is 45.6 Å². The van der Waals surface area contributed by atoms with Gasteiger partial charge in [-0.3, -0.25) is 0 Å². The number of aromatic nitrogens is 2. The van der Waals surface area contributed by atoms with Gasteiger partial charge in [-0.25, -0.2) is 9.78 Å². The first-order valence-corrected chi connectivity index (χ1v) is 14.0. The zero-order chi connectivity index (χ0) is 27.6. The Balaban J connectivity index is 1.22. The van der Waals surface area contributed by atoms with Gasteiger partial charge in [0, 0.05) is 45.1 Å². The minimum Gasteiger partial charge on any atom is -0.337 e. The standard InChI is InChI=1S/C34H37N5O/c1-27(32-14-7-12-31-11-5-6-13-33(31)32)37-34(40)39(21-8-20-38-22-19-35-26-38)25-30-17-15-29(16-18-30)24-36-23-28-9-3-2-4-10-28/h2-7,9-19,22,26-27,36H,8,20-21,23-25H2,1H3,(H,37,40)/t27-/m0/s1. The lowest BCUT2D eigenvalue weighted by Gasteiger charge is -2.26. The number of nitrogens with one attached hydrogen (secondary N) is 2. The molecule has 0 saturated carbocycles. The number of carbonyl (C=O) groups is 1. The first kappa shape index (κ1) is 27.2. The van der Waals surface area contributed by atoms with Gasteiger partial charge in [0.1, 0.15) is 0 Å². The molecule has 40 heavy (non-hydrogen) atoms. The Morgan fingerprint density at radius 3 is 2.33 bits per heavy atom. The third-order valence-electron chi connectivity index (χ3n) is 7.22. The fourth-order valence-electron chi connectivity index (χ4n) is 5.03. The molecule has 0 aliphatic heterocycles. The summed E-state index contributed by atoms with van der Waals surface area (Å²) < 4.78 is 2.05. The lowest BCUT2D eigenvalue weighted by Crippen LogP contribution is -2.41. The summed E-state index contributed by atoms with van der Waals surface area (Å²) in [6.07, 6.45) is 6.40. The topological polar surface area (TPSA) is 62.2 Å². The molecule has 6 heteroatoms.